The van der Waals surface area contributed by atoms with Crippen molar-refractivity contribution in [2.45, 2.75) is 69.0 Å². The highest BCUT2D eigenvalue weighted by molar-refractivity contribution is 7.89. The Morgan fingerprint density at radius 2 is 1.61 bits per heavy atom. The molecule has 3 heterocycles. The van der Waals surface area contributed by atoms with E-state index in [1.54, 1.807) is 18.0 Å². The van der Waals surface area contributed by atoms with Gasteiger partial charge in [-0.25, -0.2) is 18.2 Å². The summed E-state index contributed by atoms with van der Waals surface area (Å²) in [7, 11) is -3.73. The number of fused-ring (bicyclic) bond motifs is 1. The number of hydrogen-bond donors (Lipinski definition) is 4. The second-order valence-corrected chi connectivity index (χ2v) is 16.2. The highest BCUT2D eigenvalue weighted by atomic mass is 32.2. The molecular formula is C41H43F3N8O6S. The molecule has 0 bridgehead atoms. The van der Waals surface area contributed by atoms with Gasteiger partial charge in [-0.15, -0.1) is 0 Å². The molecule has 2 aromatic heterocycles. The number of aryl methyl sites for hydroxylation is 1. The van der Waals surface area contributed by atoms with Gasteiger partial charge in [-0.2, -0.15) is 23.1 Å². The zero-order valence-corrected chi connectivity index (χ0v) is 32.7. The van der Waals surface area contributed by atoms with Crippen LogP contribution in [0.2, 0.25) is 0 Å². The van der Waals surface area contributed by atoms with Crippen molar-refractivity contribution < 1.29 is 41.0 Å². The lowest BCUT2D eigenvalue weighted by atomic mass is 9.91. The minimum Gasteiger partial charge on any atom is -0.451 e. The third kappa shape index (κ3) is 9.66. The number of aliphatic hydroxyl groups excluding tert-OH is 1. The maximum absolute atomic E-state index is 13.5. The first-order valence-corrected chi connectivity index (χ1v) is 20.8. The van der Waals surface area contributed by atoms with Crippen LogP contribution < -0.4 is 20.3 Å². The number of alkyl halides is 3. The number of esters is 1. The fraction of sp³-hybridized carbons (Fsp3) is 0.341. The quantitative estimate of drug-likeness (QED) is 0.105. The minimum atomic E-state index is -5.35. The number of nitrogens with zero attached hydrogens (tertiary/aromatic N) is 5. The lowest BCUT2D eigenvalue weighted by Crippen LogP contribution is -2.45. The number of imidazole rings is 1. The molecule has 1 aliphatic heterocycles. The van der Waals surface area contributed by atoms with Crippen molar-refractivity contribution in [2.75, 3.05) is 29.1 Å². The summed E-state index contributed by atoms with van der Waals surface area (Å²) in [4.78, 5) is 40.4. The van der Waals surface area contributed by atoms with E-state index in [-0.39, 0.29) is 54.0 Å². The van der Waals surface area contributed by atoms with Gasteiger partial charge in [0.25, 0.3) is 0 Å². The van der Waals surface area contributed by atoms with Gasteiger partial charge >= 0.3 is 12.1 Å². The summed E-state index contributed by atoms with van der Waals surface area (Å²) in [6, 6.07) is 26.7. The molecule has 1 saturated carbocycles. The second kappa shape index (κ2) is 17.5. The van der Waals surface area contributed by atoms with Crippen LogP contribution in [0, 0.1) is 0 Å². The molecule has 18 heteroatoms. The number of amides is 1. The number of aromatic nitrogens is 4. The predicted molar refractivity (Wildman–Crippen MR) is 213 cm³/mol. The summed E-state index contributed by atoms with van der Waals surface area (Å²) in [5.41, 5.74) is 3.68. The Labute approximate surface area is 338 Å². The first-order chi connectivity index (χ1) is 28.3. The zero-order valence-electron chi connectivity index (χ0n) is 31.9. The molecule has 0 radical (unpaired) electrons. The molecule has 1 aliphatic carbocycles. The van der Waals surface area contributed by atoms with Crippen molar-refractivity contribution in [2.24, 2.45) is 0 Å². The Kier molecular flexibility index (Phi) is 12.2. The van der Waals surface area contributed by atoms with Crippen LogP contribution in [0.4, 0.5) is 24.9 Å². The van der Waals surface area contributed by atoms with Crippen LogP contribution in [0.1, 0.15) is 54.8 Å². The van der Waals surface area contributed by atoms with Gasteiger partial charge in [-0.1, -0.05) is 97.9 Å². The van der Waals surface area contributed by atoms with Crippen molar-refractivity contribution in [1.29, 1.82) is 0 Å². The number of halogens is 3. The number of rotatable bonds is 15. The Bertz CT molecular complexity index is 2360. The molecule has 3 aromatic carbocycles. The summed E-state index contributed by atoms with van der Waals surface area (Å²) in [6.45, 7) is 2.19. The Morgan fingerprint density at radius 3 is 2.24 bits per heavy atom. The monoisotopic (exact) mass is 832 g/mol. The van der Waals surface area contributed by atoms with E-state index in [9.17, 15) is 36.3 Å². The van der Waals surface area contributed by atoms with E-state index >= 15 is 0 Å². The third-order valence-corrected chi connectivity index (χ3v) is 11.7. The van der Waals surface area contributed by atoms with E-state index < -0.39 is 52.4 Å². The van der Waals surface area contributed by atoms with Crippen molar-refractivity contribution >= 4 is 44.8 Å². The Hall–Kier alpha value is -6.01. The van der Waals surface area contributed by atoms with Crippen LogP contribution in [0.25, 0.3) is 11.2 Å². The zero-order chi connectivity index (χ0) is 41.7. The maximum atomic E-state index is 13.5. The van der Waals surface area contributed by atoms with Crippen LogP contribution in [-0.2, 0) is 30.8 Å². The summed E-state index contributed by atoms with van der Waals surface area (Å²) >= 11 is 0. The van der Waals surface area contributed by atoms with E-state index in [4.69, 9.17) is 14.7 Å². The molecule has 0 spiro atoms. The largest absolute Gasteiger partial charge is 0.490 e. The standard InChI is InChI=1S/C41H43F3N8O6S/c1-2-33(53)47-31-22-32(36(35(31)54)58-39(55)41(42,43)44)52-25-46-34-37(45-23-30(27-14-8-4-9-15-27)28-16-10-5-11-17-28)48-40(49-38(34)52)51-20-18-29(24-51)50-59(56,57)21-19-26-12-6-3-7-13-26/h3-17,24-25,30-32,35-36,50,54H,2,18-23H2,1H3,(H,47,53)(H,45,48,49)/t31-,32+,35+,36-/m0/s1. The molecule has 0 unspecified atom stereocenters. The molecule has 310 valence electrons. The van der Waals surface area contributed by atoms with E-state index in [0.29, 0.717) is 25.1 Å². The van der Waals surface area contributed by atoms with Gasteiger partial charge in [0.1, 0.15) is 6.10 Å². The van der Waals surface area contributed by atoms with E-state index in [1.807, 2.05) is 91.0 Å². The van der Waals surface area contributed by atoms with Gasteiger partial charge in [-0.3, -0.25) is 9.52 Å². The van der Waals surface area contributed by atoms with Crippen LogP contribution in [0.5, 0.6) is 0 Å². The Morgan fingerprint density at radius 1 is 0.966 bits per heavy atom. The van der Waals surface area contributed by atoms with Crippen molar-refractivity contribution in [3.05, 3.63) is 126 Å². The number of aliphatic hydroxyl groups is 1. The Balaban J connectivity index is 1.25. The molecule has 59 heavy (non-hydrogen) atoms. The van der Waals surface area contributed by atoms with Gasteiger partial charge in [-0.05, 0) is 29.5 Å². The summed E-state index contributed by atoms with van der Waals surface area (Å²) in [5, 5.41) is 17.3. The van der Waals surface area contributed by atoms with Gasteiger partial charge < -0.3 is 29.9 Å². The molecule has 2 aliphatic rings. The molecule has 1 fully saturated rings. The van der Waals surface area contributed by atoms with Gasteiger partial charge in [0.15, 0.2) is 23.1 Å². The number of anilines is 2. The first kappa shape index (κ1) is 41.2. The van der Waals surface area contributed by atoms with Crippen molar-refractivity contribution in [3.8, 4) is 0 Å². The van der Waals surface area contributed by atoms with Crippen molar-refractivity contribution in [1.82, 2.24) is 29.6 Å². The molecule has 1 amide bonds. The molecular weight excluding hydrogens is 790 g/mol. The maximum Gasteiger partial charge on any atom is 0.490 e. The topological polar surface area (TPSA) is 181 Å². The molecule has 7 rings (SSSR count). The van der Waals surface area contributed by atoms with Gasteiger partial charge in [0.2, 0.25) is 21.9 Å². The van der Waals surface area contributed by atoms with Crippen molar-refractivity contribution in [3.63, 3.8) is 0 Å². The van der Waals surface area contributed by atoms with E-state index in [1.165, 1.54) is 10.9 Å². The highest BCUT2D eigenvalue weighted by Gasteiger charge is 2.51. The molecule has 14 nitrogen and oxygen atoms in total. The number of ether oxygens (including phenoxy) is 1. The second-order valence-electron chi connectivity index (χ2n) is 14.4. The smallest absolute Gasteiger partial charge is 0.451 e. The average Bonchev–Trinajstić information content (AvgIpc) is 3.95. The summed E-state index contributed by atoms with van der Waals surface area (Å²) in [6.07, 6.45) is -5.35. The van der Waals surface area contributed by atoms with Gasteiger partial charge in [0, 0.05) is 43.7 Å². The third-order valence-electron chi connectivity index (χ3n) is 10.4. The normalized spacial score (nSPS) is 19.5. The van der Waals surface area contributed by atoms with Crippen LogP contribution in [0.15, 0.2) is 109 Å². The fourth-order valence-corrected chi connectivity index (χ4v) is 8.55. The first-order valence-electron chi connectivity index (χ1n) is 19.1. The number of hydrogen-bond acceptors (Lipinski definition) is 11. The lowest BCUT2D eigenvalue weighted by Gasteiger charge is -2.25. The molecule has 0 saturated heterocycles. The molecule has 4 atom stereocenters. The average molecular weight is 833 g/mol. The fourth-order valence-electron chi connectivity index (χ4n) is 7.39. The van der Waals surface area contributed by atoms with Gasteiger partial charge in [0.05, 0.1) is 24.2 Å². The number of carbonyl (C=O) groups is 2. The number of carbonyl (C=O) groups excluding carboxylic acids is 2. The molecule has 5 aromatic rings. The number of benzene rings is 3. The summed E-state index contributed by atoms with van der Waals surface area (Å²) < 4.78 is 75.7. The van der Waals surface area contributed by atoms with E-state index in [0.717, 1.165) is 16.7 Å². The highest BCUT2D eigenvalue weighted by Crippen LogP contribution is 2.38. The summed E-state index contributed by atoms with van der Waals surface area (Å²) in [5.74, 6) is -2.86. The number of sulfonamides is 1. The predicted octanol–water partition coefficient (Wildman–Crippen LogP) is 4.96. The number of nitrogens with one attached hydrogen (secondary N) is 3. The SMILES string of the molecule is CCC(=O)N[C@H]1C[C@@H](n2cnc3c(NCC(c4ccccc4)c4ccccc4)nc(N4C=C(NS(=O)(=O)CCc5ccccc5)CC4)nc32)[C@H](OC(=O)C(F)(F)F)[C@@H]1O. The van der Waals surface area contributed by atoms with Crippen LogP contribution in [0.3, 0.4) is 0 Å². The minimum absolute atomic E-state index is 0.0436. The van der Waals surface area contributed by atoms with Crippen LogP contribution >= 0.6 is 0 Å². The molecule has 4 N–H and O–H groups in total. The van der Waals surface area contributed by atoms with Crippen LogP contribution in [-0.4, -0.2) is 88.2 Å². The lowest BCUT2D eigenvalue weighted by molar-refractivity contribution is -0.209. The van der Waals surface area contributed by atoms with E-state index in [2.05, 4.69) is 20.3 Å².